The van der Waals surface area contributed by atoms with Crippen molar-refractivity contribution >= 4 is 17.4 Å². The van der Waals surface area contributed by atoms with Gasteiger partial charge in [0.15, 0.2) is 0 Å². The molecule has 0 radical (unpaired) electrons. The summed E-state index contributed by atoms with van der Waals surface area (Å²) >= 11 is 0. The Morgan fingerprint density at radius 3 is 2.95 bits per heavy atom. The van der Waals surface area contributed by atoms with Crippen molar-refractivity contribution in [2.45, 2.75) is 12.5 Å². The summed E-state index contributed by atoms with van der Waals surface area (Å²) in [6.45, 7) is 1.19. The van der Waals surface area contributed by atoms with Gasteiger partial charge in [-0.3, -0.25) is 20.0 Å². The van der Waals surface area contributed by atoms with Gasteiger partial charge in [-0.15, -0.1) is 0 Å². The molecular weight excluding hydrogens is 288 g/mol. The van der Waals surface area contributed by atoms with Crippen molar-refractivity contribution in [2.24, 2.45) is 0 Å². The molecule has 114 valence electrons. The molecule has 1 aliphatic heterocycles. The molecule has 1 atom stereocenters. The van der Waals surface area contributed by atoms with E-state index in [9.17, 15) is 14.9 Å². The third-order valence-corrected chi connectivity index (χ3v) is 3.52. The second kappa shape index (κ2) is 5.80. The number of aromatic nitrogens is 3. The lowest BCUT2D eigenvalue weighted by Gasteiger charge is -2.16. The zero-order valence-corrected chi connectivity index (χ0v) is 11.6. The van der Waals surface area contributed by atoms with Crippen LogP contribution in [0.4, 0.5) is 11.5 Å². The molecule has 9 heteroatoms. The van der Waals surface area contributed by atoms with Crippen LogP contribution in [0.15, 0.2) is 30.6 Å². The summed E-state index contributed by atoms with van der Waals surface area (Å²) in [6.07, 6.45) is 3.54. The van der Waals surface area contributed by atoms with Gasteiger partial charge in [0.1, 0.15) is 17.7 Å². The van der Waals surface area contributed by atoms with E-state index in [1.807, 2.05) is 0 Å². The predicted octanol–water partition coefficient (Wildman–Crippen LogP) is 1.04. The molecule has 22 heavy (non-hydrogen) atoms. The van der Waals surface area contributed by atoms with Crippen LogP contribution in [-0.2, 0) is 0 Å². The minimum Gasteiger partial charge on any atom is -0.365 e. The van der Waals surface area contributed by atoms with Crippen LogP contribution in [0.3, 0.4) is 0 Å². The molecule has 1 amide bonds. The molecule has 1 aliphatic rings. The van der Waals surface area contributed by atoms with E-state index < -0.39 is 4.92 Å². The molecule has 0 aromatic carbocycles. The number of rotatable bonds is 4. The molecule has 2 N–H and O–H groups in total. The van der Waals surface area contributed by atoms with Gasteiger partial charge in [0.2, 0.25) is 0 Å². The highest BCUT2D eigenvalue weighted by Gasteiger charge is 2.27. The Morgan fingerprint density at radius 2 is 2.32 bits per heavy atom. The summed E-state index contributed by atoms with van der Waals surface area (Å²) in [5, 5.41) is 20.2. The highest BCUT2D eigenvalue weighted by molar-refractivity contribution is 5.92. The first-order valence-corrected chi connectivity index (χ1v) is 6.79. The van der Waals surface area contributed by atoms with Gasteiger partial charge in [0.25, 0.3) is 11.6 Å². The maximum atomic E-state index is 12.2. The van der Waals surface area contributed by atoms with Crippen LogP contribution in [-0.4, -0.2) is 50.0 Å². The topological polar surface area (TPSA) is 117 Å². The SMILES string of the molecule is O=C(c1ccn[nH]1)N1CC[C@@H](Nc2ccc([N+](=O)[O-])cn2)C1. The molecule has 1 fully saturated rings. The number of nitrogens with one attached hydrogen (secondary N) is 2. The molecule has 3 rings (SSSR count). The summed E-state index contributed by atoms with van der Waals surface area (Å²) in [4.78, 5) is 28.0. The number of carbonyl (C=O) groups is 1. The Bertz CT molecular complexity index is 670. The lowest BCUT2D eigenvalue weighted by Crippen LogP contribution is -2.31. The number of nitro groups is 1. The van der Waals surface area contributed by atoms with Gasteiger partial charge in [-0.05, 0) is 18.6 Å². The van der Waals surface area contributed by atoms with Crippen LogP contribution < -0.4 is 5.32 Å². The van der Waals surface area contributed by atoms with Crippen molar-refractivity contribution in [3.8, 4) is 0 Å². The van der Waals surface area contributed by atoms with Crippen molar-refractivity contribution < 1.29 is 9.72 Å². The Morgan fingerprint density at radius 1 is 1.45 bits per heavy atom. The standard InChI is InChI=1S/C13H14N6O3/c20-13(11-3-5-15-17-11)18-6-4-9(8-18)16-12-2-1-10(7-14-12)19(21)22/h1-3,5,7,9H,4,6,8H2,(H,14,16)(H,15,17)/t9-/m1/s1. The van der Waals surface area contributed by atoms with Crippen molar-refractivity contribution in [3.63, 3.8) is 0 Å². The maximum absolute atomic E-state index is 12.2. The first kappa shape index (κ1) is 14.0. The van der Waals surface area contributed by atoms with Crippen LogP contribution in [0, 0.1) is 10.1 Å². The quantitative estimate of drug-likeness (QED) is 0.643. The molecule has 2 aromatic heterocycles. The van der Waals surface area contributed by atoms with Crippen molar-refractivity contribution in [2.75, 3.05) is 18.4 Å². The van der Waals surface area contributed by atoms with Gasteiger partial charge >= 0.3 is 0 Å². The van der Waals surface area contributed by atoms with Gasteiger partial charge < -0.3 is 10.2 Å². The van der Waals surface area contributed by atoms with E-state index in [0.29, 0.717) is 24.6 Å². The van der Waals surface area contributed by atoms with Crippen LogP contribution in [0.25, 0.3) is 0 Å². The molecule has 2 aromatic rings. The molecule has 3 heterocycles. The Hall–Kier alpha value is -2.97. The fourth-order valence-corrected chi connectivity index (χ4v) is 2.40. The van der Waals surface area contributed by atoms with Gasteiger partial charge in [-0.1, -0.05) is 0 Å². The number of carbonyl (C=O) groups excluding carboxylic acids is 1. The Balaban J connectivity index is 1.59. The average Bonchev–Trinajstić information content (AvgIpc) is 3.19. The highest BCUT2D eigenvalue weighted by Crippen LogP contribution is 2.18. The first-order valence-electron chi connectivity index (χ1n) is 6.79. The molecule has 1 saturated heterocycles. The van der Waals surface area contributed by atoms with Crippen LogP contribution in [0.1, 0.15) is 16.9 Å². The number of pyridine rings is 1. The van der Waals surface area contributed by atoms with Crippen LogP contribution in [0.2, 0.25) is 0 Å². The summed E-state index contributed by atoms with van der Waals surface area (Å²) in [5.74, 6) is 0.477. The summed E-state index contributed by atoms with van der Waals surface area (Å²) in [7, 11) is 0. The lowest BCUT2D eigenvalue weighted by atomic mass is 10.2. The van der Waals surface area contributed by atoms with E-state index in [-0.39, 0.29) is 17.6 Å². The van der Waals surface area contributed by atoms with E-state index in [1.165, 1.54) is 12.3 Å². The van der Waals surface area contributed by atoms with Crippen molar-refractivity contribution in [1.29, 1.82) is 0 Å². The zero-order valence-electron chi connectivity index (χ0n) is 11.6. The van der Waals surface area contributed by atoms with Crippen molar-refractivity contribution in [1.82, 2.24) is 20.1 Å². The minimum absolute atomic E-state index is 0.0481. The summed E-state index contributed by atoms with van der Waals surface area (Å²) < 4.78 is 0. The summed E-state index contributed by atoms with van der Waals surface area (Å²) in [6, 6.07) is 4.68. The number of nitrogens with zero attached hydrogens (tertiary/aromatic N) is 4. The zero-order chi connectivity index (χ0) is 15.5. The minimum atomic E-state index is -0.489. The second-order valence-corrected chi connectivity index (χ2v) is 5.01. The smallest absolute Gasteiger partial charge is 0.287 e. The number of aromatic amines is 1. The van der Waals surface area contributed by atoms with E-state index in [4.69, 9.17) is 0 Å². The number of H-pyrrole nitrogens is 1. The predicted molar refractivity (Wildman–Crippen MR) is 77.4 cm³/mol. The molecule has 0 bridgehead atoms. The van der Waals surface area contributed by atoms with E-state index in [0.717, 1.165) is 6.42 Å². The van der Waals surface area contributed by atoms with Crippen LogP contribution in [0.5, 0.6) is 0 Å². The van der Waals surface area contributed by atoms with Gasteiger partial charge in [0.05, 0.1) is 4.92 Å². The molecule has 0 aliphatic carbocycles. The Kier molecular flexibility index (Phi) is 3.69. The number of amides is 1. The molecule has 0 saturated carbocycles. The van der Waals surface area contributed by atoms with E-state index >= 15 is 0 Å². The monoisotopic (exact) mass is 302 g/mol. The number of likely N-dealkylation sites (tertiary alicyclic amines) is 1. The third kappa shape index (κ3) is 2.87. The van der Waals surface area contributed by atoms with Gasteiger partial charge in [-0.2, -0.15) is 5.10 Å². The lowest BCUT2D eigenvalue weighted by molar-refractivity contribution is -0.385. The average molecular weight is 302 g/mol. The molecule has 0 spiro atoms. The van der Waals surface area contributed by atoms with Gasteiger partial charge in [0, 0.05) is 31.4 Å². The largest absolute Gasteiger partial charge is 0.365 e. The second-order valence-electron chi connectivity index (χ2n) is 5.01. The number of hydrogen-bond donors (Lipinski definition) is 2. The molecular formula is C13H14N6O3. The van der Waals surface area contributed by atoms with Crippen molar-refractivity contribution in [3.05, 3.63) is 46.4 Å². The van der Waals surface area contributed by atoms with E-state index in [2.05, 4.69) is 20.5 Å². The fourth-order valence-electron chi connectivity index (χ4n) is 2.40. The normalized spacial score (nSPS) is 17.5. The van der Waals surface area contributed by atoms with E-state index in [1.54, 1.807) is 23.2 Å². The number of anilines is 1. The maximum Gasteiger partial charge on any atom is 0.287 e. The molecule has 0 unspecified atom stereocenters. The highest BCUT2D eigenvalue weighted by atomic mass is 16.6. The molecule has 9 nitrogen and oxygen atoms in total. The number of hydrogen-bond acceptors (Lipinski definition) is 6. The van der Waals surface area contributed by atoms with Gasteiger partial charge in [-0.25, -0.2) is 4.98 Å². The Labute approximate surface area is 125 Å². The summed E-state index contributed by atoms with van der Waals surface area (Å²) in [5.41, 5.74) is 0.419. The first-order chi connectivity index (χ1) is 10.6. The fraction of sp³-hybridized carbons (Fsp3) is 0.308. The van der Waals surface area contributed by atoms with Crippen LogP contribution >= 0.6 is 0 Å². The third-order valence-electron chi connectivity index (χ3n) is 3.52.